The Kier molecular flexibility index (Phi) is 4.78. The number of rotatable bonds is 4. The molecule has 0 aliphatic heterocycles. The van der Waals surface area contributed by atoms with Gasteiger partial charge in [-0.15, -0.1) is 0 Å². The first-order valence-corrected chi connectivity index (χ1v) is 7.12. The number of para-hydroxylation sites is 1. The van der Waals surface area contributed by atoms with Crippen molar-refractivity contribution in [1.29, 1.82) is 0 Å². The van der Waals surface area contributed by atoms with Crippen molar-refractivity contribution < 1.29 is 23.0 Å². The van der Waals surface area contributed by atoms with Crippen LogP contribution in [0.5, 0.6) is 5.75 Å². The van der Waals surface area contributed by atoms with Crippen LogP contribution in [-0.4, -0.2) is 23.1 Å². The molecule has 6 heteroatoms. The minimum atomic E-state index is -4.94. The van der Waals surface area contributed by atoms with Crippen LogP contribution < -0.4 is 10.5 Å². The number of benzene rings is 1. The smallest absolute Gasteiger partial charge is 0.434 e. The summed E-state index contributed by atoms with van der Waals surface area (Å²) in [5.41, 5.74) is 1.87. The molecule has 0 amide bonds. The number of alkyl halides is 3. The fourth-order valence-electron chi connectivity index (χ4n) is 2.79. The second-order valence-electron chi connectivity index (χ2n) is 5.57. The zero-order chi connectivity index (χ0) is 15.5. The third kappa shape index (κ3) is 3.68. The summed E-state index contributed by atoms with van der Waals surface area (Å²) in [4.78, 5) is 0. The van der Waals surface area contributed by atoms with Crippen molar-refractivity contribution in [2.45, 2.75) is 50.1 Å². The van der Waals surface area contributed by atoms with Gasteiger partial charge in [-0.2, -0.15) is 13.2 Å². The van der Waals surface area contributed by atoms with Gasteiger partial charge >= 0.3 is 6.18 Å². The van der Waals surface area contributed by atoms with E-state index in [1.54, 1.807) is 30.3 Å². The monoisotopic (exact) mass is 303 g/mol. The predicted molar refractivity (Wildman–Crippen MR) is 72.6 cm³/mol. The molecule has 0 aromatic heterocycles. The van der Waals surface area contributed by atoms with Gasteiger partial charge in [-0.05, 0) is 25.0 Å². The zero-order valence-corrected chi connectivity index (χ0v) is 11.6. The van der Waals surface area contributed by atoms with Crippen molar-refractivity contribution in [3.63, 3.8) is 0 Å². The Labute approximate surface area is 121 Å². The van der Waals surface area contributed by atoms with Crippen LogP contribution in [0.4, 0.5) is 13.2 Å². The molecule has 1 aromatic rings. The first-order valence-electron chi connectivity index (χ1n) is 7.12. The van der Waals surface area contributed by atoms with Crippen molar-refractivity contribution in [3.05, 3.63) is 30.3 Å². The quantitative estimate of drug-likeness (QED) is 0.840. The van der Waals surface area contributed by atoms with E-state index in [4.69, 9.17) is 10.5 Å². The highest BCUT2D eigenvalue weighted by atomic mass is 19.4. The van der Waals surface area contributed by atoms with E-state index in [9.17, 15) is 18.3 Å². The van der Waals surface area contributed by atoms with E-state index in [1.807, 2.05) is 0 Å². The summed E-state index contributed by atoms with van der Waals surface area (Å²) in [5.74, 6) is -0.128. The van der Waals surface area contributed by atoms with Crippen LogP contribution in [0.3, 0.4) is 0 Å². The summed E-state index contributed by atoms with van der Waals surface area (Å²) >= 11 is 0. The molecule has 3 nitrogen and oxygen atoms in total. The number of nitrogens with two attached hydrogens (primary N) is 1. The Bertz CT molecular complexity index is 442. The van der Waals surface area contributed by atoms with E-state index in [2.05, 4.69) is 0 Å². The summed E-state index contributed by atoms with van der Waals surface area (Å²) in [6.07, 6.45) is -2.64. The van der Waals surface area contributed by atoms with Gasteiger partial charge in [0.15, 0.2) is 6.10 Å². The molecule has 0 saturated heterocycles. The third-order valence-electron chi connectivity index (χ3n) is 3.97. The van der Waals surface area contributed by atoms with E-state index in [0.717, 1.165) is 19.3 Å². The lowest BCUT2D eigenvalue weighted by molar-refractivity contribution is -0.291. The molecule has 2 unspecified atom stereocenters. The van der Waals surface area contributed by atoms with Gasteiger partial charge in [0.2, 0.25) is 5.72 Å². The molecule has 2 atom stereocenters. The summed E-state index contributed by atoms with van der Waals surface area (Å²) in [6, 6.07) is 8.18. The van der Waals surface area contributed by atoms with E-state index in [1.165, 1.54) is 0 Å². The highest BCUT2D eigenvalue weighted by Gasteiger charge is 2.59. The lowest BCUT2D eigenvalue weighted by Crippen LogP contribution is -2.65. The minimum absolute atomic E-state index is 0.279. The summed E-state index contributed by atoms with van der Waals surface area (Å²) in [5, 5.41) is 9.85. The molecule has 0 bridgehead atoms. The van der Waals surface area contributed by atoms with Crippen LogP contribution in [0.25, 0.3) is 0 Å². The lowest BCUT2D eigenvalue weighted by atomic mass is 9.81. The molecule has 1 aliphatic carbocycles. The van der Waals surface area contributed by atoms with Crippen molar-refractivity contribution in [3.8, 4) is 5.75 Å². The number of halogens is 3. The van der Waals surface area contributed by atoms with Crippen LogP contribution >= 0.6 is 0 Å². The molecule has 1 saturated carbocycles. The highest BCUT2D eigenvalue weighted by Crippen LogP contribution is 2.38. The van der Waals surface area contributed by atoms with Crippen LogP contribution in [0.1, 0.15) is 32.1 Å². The predicted octanol–water partition coefficient (Wildman–Crippen LogP) is 3.22. The van der Waals surface area contributed by atoms with Crippen LogP contribution in [0, 0.1) is 5.92 Å². The van der Waals surface area contributed by atoms with Crippen LogP contribution in [-0.2, 0) is 0 Å². The number of ether oxygens (including phenoxy) is 1. The lowest BCUT2D eigenvalue weighted by Gasteiger charge is -2.40. The first kappa shape index (κ1) is 16.1. The highest BCUT2D eigenvalue weighted by molar-refractivity contribution is 5.22. The maximum Gasteiger partial charge on any atom is 0.434 e. The van der Waals surface area contributed by atoms with Crippen LogP contribution in [0.2, 0.25) is 0 Å². The molecule has 21 heavy (non-hydrogen) atoms. The van der Waals surface area contributed by atoms with Crippen LogP contribution in [0.15, 0.2) is 30.3 Å². The van der Waals surface area contributed by atoms with Gasteiger partial charge < -0.3 is 9.84 Å². The van der Waals surface area contributed by atoms with E-state index >= 15 is 0 Å². The van der Waals surface area contributed by atoms with E-state index < -0.39 is 23.9 Å². The molecule has 2 rings (SSSR count). The zero-order valence-electron chi connectivity index (χ0n) is 11.6. The second kappa shape index (κ2) is 6.23. The first-order chi connectivity index (χ1) is 9.82. The van der Waals surface area contributed by atoms with Gasteiger partial charge in [0.05, 0.1) is 0 Å². The van der Waals surface area contributed by atoms with Gasteiger partial charge in [-0.1, -0.05) is 37.5 Å². The number of aliphatic hydroxyl groups is 1. The molecule has 0 radical (unpaired) electrons. The number of hydrogen-bond donors (Lipinski definition) is 2. The van der Waals surface area contributed by atoms with Gasteiger partial charge in [0.1, 0.15) is 5.75 Å². The summed E-state index contributed by atoms with van der Waals surface area (Å²) < 4.78 is 44.7. The Morgan fingerprint density at radius 3 is 2.19 bits per heavy atom. The van der Waals surface area contributed by atoms with Crippen molar-refractivity contribution in [1.82, 2.24) is 0 Å². The molecule has 0 heterocycles. The Morgan fingerprint density at radius 2 is 1.67 bits per heavy atom. The molecule has 1 aromatic carbocycles. The maximum atomic E-state index is 13.1. The Morgan fingerprint density at radius 1 is 1.10 bits per heavy atom. The Balaban J connectivity index is 2.25. The topological polar surface area (TPSA) is 55.5 Å². The largest absolute Gasteiger partial charge is 0.485 e. The van der Waals surface area contributed by atoms with Crippen molar-refractivity contribution >= 4 is 0 Å². The van der Waals surface area contributed by atoms with Gasteiger partial charge in [-0.3, -0.25) is 5.73 Å². The molecule has 3 N–H and O–H groups in total. The van der Waals surface area contributed by atoms with Crippen molar-refractivity contribution in [2.75, 3.05) is 0 Å². The summed E-state index contributed by atoms with van der Waals surface area (Å²) in [6.45, 7) is 0. The average molecular weight is 303 g/mol. The van der Waals surface area contributed by atoms with Gasteiger partial charge in [0.25, 0.3) is 0 Å². The standard InChI is InChI=1S/C15H20F3NO2/c16-15(17,18)14(19,20)13(11-7-3-1-4-8-11)21-12-9-5-2-6-10-12/h2,5-6,9-11,13,20H,1,3-4,7-8,19H2. The van der Waals surface area contributed by atoms with Gasteiger partial charge in [-0.25, -0.2) is 0 Å². The molecule has 1 aliphatic rings. The molecule has 118 valence electrons. The van der Waals surface area contributed by atoms with E-state index in [0.29, 0.717) is 12.8 Å². The van der Waals surface area contributed by atoms with Crippen molar-refractivity contribution in [2.24, 2.45) is 11.7 Å². The number of hydrogen-bond acceptors (Lipinski definition) is 3. The molecular formula is C15H20F3NO2. The molecule has 1 fully saturated rings. The Hall–Kier alpha value is -1.27. The van der Waals surface area contributed by atoms with E-state index in [-0.39, 0.29) is 5.75 Å². The third-order valence-corrected chi connectivity index (χ3v) is 3.97. The maximum absolute atomic E-state index is 13.1. The molecular weight excluding hydrogens is 283 g/mol. The second-order valence-corrected chi connectivity index (χ2v) is 5.57. The normalized spacial score (nSPS) is 21.6. The summed E-state index contributed by atoms with van der Waals surface area (Å²) in [7, 11) is 0. The molecule has 0 spiro atoms. The minimum Gasteiger partial charge on any atom is -0.485 e. The fourth-order valence-corrected chi connectivity index (χ4v) is 2.79. The van der Waals surface area contributed by atoms with Gasteiger partial charge in [0, 0.05) is 5.92 Å². The SMILES string of the molecule is NC(O)(C(Oc1ccccc1)C1CCCCC1)C(F)(F)F. The fraction of sp³-hybridized carbons (Fsp3) is 0.600. The average Bonchev–Trinajstić information content (AvgIpc) is 2.45.